The van der Waals surface area contributed by atoms with E-state index in [1.807, 2.05) is 79.9 Å². The van der Waals surface area contributed by atoms with Gasteiger partial charge in [-0.05, 0) is 54.6 Å². The van der Waals surface area contributed by atoms with Crippen LogP contribution < -0.4 is 9.47 Å². The minimum absolute atomic E-state index is 0.0820. The maximum absolute atomic E-state index is 12.7. The average Bonchev–Trinajstić information content (AvgIpc) is 3.25. The highest BCUT2D eigenvalue weighted by atomic mass is 32.1. The lowest BCUT2D eigenvalue weighted by molar-refractivity contribution is 0.101. The van der Waals surface area contributed by atoms with Gasteiger partial charge in [-0.3, -0.25) is 4.79 Å². The van der Waals surface area contributed by atoms with Crippen LogP contribution in [0.1, 0.15) is 31.9 Å². The first-order valence-electron chi connectivity index (χ1n) is 9.10. The van der Waals surface area contributed by atoms with Crippen molar-refractivity contribution in [3.8, 4) is 11.5 Å². The molecule has 0 saturated heterocycles. The topological polar surface area (TPSA) is 35.5 Å². The monoisotopic (exact) mass is 388 g/mol. The first-order valence-corrected chi connectivity index (χ1v) is 9.98. The highest BCUT2D eigenvalue weighted by molar-refractivity contribution is 7.11. The van der Waals surface area contributed by atoms with Crippen molar-refractivity contribution in [1.82, 2.24) is 0 Å². The highest BCUT2D eigenvalue weighted by Crippen LogP contribution is 2.39. The smallest absolute Gasteiger partial charge is 0.232 e. The molecular formula is C24H20O3S. The molecular weight excluding hydrogens is 368 g/mol. The molecule has 0 unspecified atom stereocenters. The minimum Gasteiger partial charge on any atom is -0.489 e. The SMILES string of the molecule is Cc1ccsc1/C=C1\Oc2c(ccc(OC/C=C/c3ccccc3)c2C)C1=O. The lowest BCUT2D eigenvalue weighted by atomic mass is 10.1. The zero-order chi connectivity index (χ0) is 19.5. The molecule has 0 spiro atoms. The second-order valence-corrected chi connectivity index (χ2v) is 7.54. The molecule has 140 valence electrons. The summed E-state index contributed by atoms with van der Waals surface area (Å²) in [5, 5.41) is 2.01. The molecule has 3 aromatic rings. The summed E-state index contributed by atoms with van der Waals surface area (Å²) in [6, 6.07) is 15.7. The maximum Gasteiger partial charge on any atom is 0.232 e. The van der Waals surface area contributed by atoms with Crippen LogP contribution in [-0.2, 0) is 0 Å². The number of ketones is 1. The molecule has 1 aliphatic heterocycles. The second kappa shape index (κ2) is 7.87. The van der Waals surface area contributed by atoms with E-state index in [1.165, 1.54) is 0 Å². The molecule has 0 saturated carbocycles. The van der Waals surface area contributed by atoms with Crippen LogP contribution in [0.25, 0.3) is 12.2 Å². The summed E-state index contributed by atoms with van der Waals surface area (Å²) in [7, 11) is 0. The Morgan fingerprint density at radius 1 is 1.07 bits per heavy atom. The number of rotatable bonds is 5. The van der Waals surface area contributed by atoms with Crippen molar-refractivity contribution in [2.75, 3.05) is 6.61 Å². The number of Topliss-reactive ketones (excluding diaryl/α,β-unsaturated/α-hetero) is 1. The largest absolute Gasteiger partial charge is 0.489 e. The Morgan fingerprint density at radius 2 is 1.89 bits per heavy atom. The quantitative estimate of drug-likeness (QED) is 0.497. The fourth-order valence-corrected chi connectivity index (χ4v) is 3.91. The first-order chi connectivity index (χ1) is 13.6. The van der Waals surface area contributed by atoms with E-state index < -0.39 is 0 Å². The fraction of sp³-hybridized carbons (Fsp3) is 0.125. The van der Waals surface area contributed by atoms with Gasteiger partial charge in [0.25, 0.3) is 0 Å². The summed E-state index contributed by atoms with van der Waals surface area (Å²) in [6.45, 7) is 4.39. The number of hydrogen-bond donors (Lipinski definition) is 0. The summed E-state index contributed by atoms with van der Waals surface area (Å²) in [4.78, 5) is 13.7. The third kappa shape index (κ3) is 3.64. The summed E-state index contributed by atoms with van der Waals surface area (Å²) in [5.74, 6) is 1.60. The predicted octanol–water partition coefficient (Wildman–Crippen LogP) is 6.07. The number of allylic oxidation sites excluding steroid dienone is 1. The second-order valence-electron chi connectivity index (χ2n) is 6.60. The lowest BCUT2D eigenvalue weighted by Crippen LogP contribution is -1.97. The van der Waals surface area contributed by atoms with Gasteiger partial charge < -0.3 is 9.47 Å². The number of aryl methyl sites for hydroxylation is 1. The van der Waals surface area contributed by atoms with Gasteiger partial charge in [0.05, 0.1) is 5.56 Å². The van der Waals surface area contributed by atoms with E-state index in [9.17, 15) is 4.79 Å². The van der Waals surface area contributed by atoms with Crippen molar-refractivity contribution in [3.05, 3.63) is 92.9 Å². The Hall–Kier alpha value is -3.11. The van der Waals surface area contributed by atoms with E-state index in [1.54, 1.807) is 17.4 Å². The molecule has 1 aliphatic rings. The molecule has 0 fully saturated rings. The zero-order valence-corrected chi connectivity index (χ0v) is 16.6. The third-order valence-corrected chi connectivity index (χ3v) is 5.61. The Balaban J connectivity index is 1.50. The maximum atomic E-state index is 12.7. The molecule has 28 heavy (non-hydrogen) atoms. The van der Waals surface area contributed by atoms with Crippen LogP contribution in [0.15, 0.2) is 65.7 Å². The van der Waals surface area contributed by atoms with Gasteiger partial charge in [-0.2, -0.15) is 0 Å². The Labute approximate surface area is 168 Å². The van der Waals surface area contributed by atoms with Gasteiger partial charge >= 0.3 is 0 Å². The summed E-state index contributed by atoms with van der Waals surface area (Å²) < 4.78 is 11.8. The minimum atomic E-state index is -0.0820. The highest BCUT2D eigenvalue weighted by Gasteiger charge is 2.30. The number of ether oxygens (including phenoxy) is 2. The molecule has 2 heterocycles. The summed E-state index contributed by atoms with van der Waals surface area (Å²) in [6.07, 6.45) is 5.82. The first kappa shape index (κ1) is 18.3. The van der Waals surface area contributed by atoms with Gasteiger partial charge in [0, 0.05) is 16.5 Å². The van der Waals surface area contributed by atoms with E-state index in [2.05, 4.69) is 0 Å². The molecule has 3 nitrogen and oxygen atoms in total. The summed E-state index contributed by atoms with van der Waals surface area (Å²) >= 11 is 1.60. The predicted molar refractivity (Wildman–Crippen MR) is 114 cm³/mol. The van der Waals surface area contributed by atoms with Crippen molar-refractivity contribution >= 4 is 29.3 Å². The molecule has 0 N–H and O–H groups in total. The van der Waals surface area contributed by atoms with Crippen LogP contribution in [0.2, 0.25) is 0 Å². The average molecular weight is 388 g/mol. The molecule has 4 heteroatoms. The Kier molecular flexibility index (Phi) is 5.13. The molecule has 0 bridgehead atoms. The van der Waals surface area contributed by atoms with Crippen molar-refractivity contribution in [3.63, 3.8) is 0 Å². The van der Waals surface area contributed by atoms with Crippen molar-refractivity contribution in [1.29, 1.82) is 0 Å². The van der Waals surface area contributed by atoms with Crippen LogP contribution in [0.4, 0.5) is 0 Å². The van der Waals surface area contributed by atoms with Crippen molar-refractivity contribution in [2.45, 2.75) is 13.8 Å². The van der Waals surface area contributed by atoms with Crippen molar-refractivity contribution < 1.29 is 14.3 Å². The van der Waals surface area contributed by atoms with Gasteiger partial charge in [-0.1, -0.05) is 36.4 Å². The lowest BCUT2D eigenvalue weighted by Gasteiger charge is -2.10. The molecule has 4 rings (SSSR count). The number of benzene rings is 2. The standard InChI is InChI=1S/C24H20O3S/c1-16-12-14-28-22(16)15-21-23(25)19-10-11-20(17(2)24(19)27-21)26-13-6-9-18-7-4-3-5-8-18/h3-12,14-15H,13H2,1-2H3/b9-6+,21-15-. The van der Waals surface area contributed by atoms with Gasteiger partial charge in [-0.15, -0.1) is 11.3 Å². The van der Waals surface area contributed by atoms with Crippen LogP contribution >= 0.6 is 11.3 Å². The van der Waals surface area contributed by atoms with Gasteiger partial charge in [0.2, 0.25) is 5.78 Å². The number of hydrogen-bond acceptors (Lipinski definition) is 4. The van der Waals surface area contributed by atoms with E-state index in [0.717, 1.165) is 27.3 Å². The van der Waals surface area contributed by atoms with Crippen LogP contribution in [-0.4, -0.2) is 12.4 Å². The third-order valence-electron chi connectivity index (χ3n) is 4.65. The zero-order valence-electron chi connectivity index (χ0n) is 15.8. The Morgan fingerprint density at radius 3 is 2.64 bits per heavy atom. The Bertz CT molecular complexity index is 1070. The summed E-state index contributed by atoms with van der Waals surface area (Å²) in [5.41, 5.74) is 3.69. The van der Waals surface area contributed by atoms with Crippen molar-refractivity contribution in [2.24, 2.45) is 0 Å². The number of fused-ring (bicyclic) bond motifs is 1. The number of carbonyl (C=O) groups is 1. The van der Waals surface area contributed by atoms with E-state index in [0.29, 0.717) is 23.7 Å². The van der Waals surface area contributed by atoms with Gasteiger partial charge in [0.1, 0.15) is 18.1 Å². The van der Waals surface area contributed by atoms with E-state index in [-0.39, 0.29) is 5.78 Å². The van der Waals surface area contributed by atoms with Crippen LogP contribution in [0, 0.1) is 13.8 Å². The van der Waals surface area contributed by atoms with Gasteiger partial charge in [0.15, 0.2) is 5.76 Å². The van der Waals surface area contributed by atoms with E-state index >= 15 is 0 Å². The van der Waals surface area contributed by atoms with Gasteiger partial charge in [-0.25, -0.2) is 0 Å². The molecule has 0 atom stereocenters. The molecule has 0 radical (unpaired) electrons. The fourth-order valence-electron chi connectivity index (χ4n) is 3.06. The molecule has 0 amide bonds. The number of carbonyl (C=O) groups excluding carboxylic acids is 1. The normalized spacial score (nSPS) is 14.5. The van der Waals surface area contributed by atoms with E-state index in [4.69, 9.17) is 9.47 Å². The molecule has 2 aromatic carbocycles. The van der Waals surface area contributed by atoms with Crippen LogP contribution in [0.5, 0.6) is 11.5 Å². The van der Waals surface area contributed by atoms with Crippen LogP contribution in [0.3, 0.4) is 0 Å². The molecule has 0 aliphatic carbocycles. The molecule has 1 aromatic heterocycles. The number of thiophene rings is 1.